The van der Waals surface area contributed by atoms with Crippen molar-refractivity contribution in [1.29, 1.82) is 0 Å². The van der Waals surface area contributed by atoms with E-state index in [1.807, 2.05) is 72.3 Å². The summed E-state index contributed by atoms with van der Waals surface area (Å²) < 4.78 is 7.37. The lowest BCUT2D eigenvalue weighted by Gasteiger charge is -2.29. The topological polar surface area (TPSA) is 136 Å². The Morgan fingerprint density at radius 1 is 0.923 bits per heavy atom. The molecule has 1 saturated heterocycles. The number of aromatic nitrogens is 5. The molecule has 3 aromatic heterocycles. The largest absolute Gasteiger partial charge is 0.378 e. The first-order valence-electron chi connectivity index (χ1n) is 12.6. The summed E-state index contributed by atoms with van der Waals surface area (Å²) in [5.41, 5.74) is 10.5. The number of aryl methyl sites for hydroxylation is 1. The number of nitrogens with two attached hydrogens (primary N) is 1. The van der Waals surface area contributed by atoms with E-state index < -0.39 is 5.91 Å². The third-order valence-corrected chi connectivity index (χ3v) is 6.56. The van der Waals surface area contributed by atoms with Crippen LogP contribution >= 0.6 is 0 Å². The van der Waals surface area contributed by atoms with Crippen molar-refractivity contribution in [3.05, 3.63) is 78.9 Å². The molecule has 0 unspecified atom stereocenters. The molecule has 0 aliphatic carbocycles. The molecule has 0 bridgehead atoms. The molecule has 2 aromatic carbocycles. The Morgan fingerprint density at radius 3 is 2.49 bits per heavy atom. The maximum absolute atomic E-state index is 12.6. The molecule has 0 atom stereocenters. The third kappa shape index (κ3) is 4.94. The van der Waals surface area contributed by atoms with Gasteiger partial charge in [0.15, 0.2) is 17.3 Å². The lowest BCUT2D eigenvalue weighted by Crippen LogP contribution is -2.36. The monoisotopic (exact) mass is 521 g/mol. The fourth-order valence-electron chi connectivity index (χ4n) is 4.59. The van der Waals surface area contributed by atoms with Crippen LogP contribution in [0, 0.1) is 0 Å². The van der Waals surface area contributed by atoms with Crippen LogP contribution in [0.4, 0.5) is 28.8 Å². The van der Waals surface area contributed by atoms with Crippen molar-refractivity contribution in [2.75, 3.05) is 41.8 Å². The summed E-state index contributed by atoms with van der Waals surface area (Å²) in [5.74, 6) is 0.518. The van der Waals surface area contributed by atoms with Crippen molar-refractivity contribution in [3.63, 3.8) is 0 Å². The van der Waals surface area contributed by atoms with Crippen LogP contribution < -0.4 is 21.3 Å². The van der Waals surface area contributed by atoms with Crippen LogP contribution in [-0.2, 0) is 11.8 Å². The zero-order valence-electron chi connectivity index (χ0n) is 21.3. The zero-order chi connectivity index (χ0) is 26.8. The van der Waals surface area contributed by atoms with Gasteiger partial charge in [-0.25, -0.2) is 19.9 Å². The number of carbonyl (C=O) groups excluding carboxylic acids is 1. The summed E-state index contributed by atoms with van der Waals surface area (Å²) in [6, 6.07) is 19.2. The number of morpholine rings is 1. The van der Waals surface area contributed by atoms with E-state index in [-0.39, 0.29) is 11.5 Å². The average molecular weight is 522 g/mol. The number of benzene rings is 2. The smallest absolute Gasteiger partial charge is 0.271 e. The number of hydrogen-bond acceptors (Lipinski definition) is 9. The lowest BCUT2D eigenvalue weighted by molar-refractivity contribution is 0.0996. The Kier molecular flexibility index (Phi) is 6.47. The SMILES string of the molecule is Cn1cnc2c(-c3nc(C(N)=O)c(Nc4ccc(N5CCOCC5)cc4)nc3Nc3ccccn3)cccc21. The van der Waals surface area contributed by atoms with Crippen LogP contribution in [0.1, 0.15) is 10.5 Å². The van der Waals surface area contributed by atoms with Crippen LogP contribution in [0.2, 0.25) is 0 Å². The maximum atomic E-state index is 12.6. The number of nitrogens with one attached hydrogen (secondary N) is 2. The molecule has 4 N–H and O–H groups in total. The number of imidazole rings is 1. The first kappa shape index (κ1) is 24.3. The van der Waals surface area contributed by atoms with Crippen molar-refractivity contribution < 1.29 is 9.53 Å². The summed E-state index contributed by atoms with van der Waals surface area (Å²) in [7, 11) is 1.92. The highest BCUT2D eigenvalue weighted by Gasteiger charge is 2.22. The van der Waals surface area contributed by atoms with Crippen LogP contribution in [0.5, 0.6) is 0 Å². The summed E-state index contributed by atoms with van der Waals surface area (Å²) in [5, 5.41) is 6.49. The number of nitrogens with zero attached hydrogens (tertiary/aromatic N) is 6. The van der Waals surface area contributed by atoms with Crippen LogP contribution in [0.25, 0.3) is 22.3 Å². The molecule has 196 valence electrons. The number of ether oxygens (including phenoxy) is 1. The molecule has 4 heterocycles. The van der Waals surface area contributed by atoms with Gasteiger partial charge >= 0.3 is 0 Å². The Balaban J connectivity index is 1.43. The Hall–Kier alpha value is -5.03. The minimum Gasteiger partial charge on any atom is -0.378 e. The van der Waals surface area contributed by atoms with Gasteiger partial charge in [0.2, 0.25) is 0 Å². The summed E-state index contributed by atoms with van der Waals surface area (Å²) in [4.78, 5) is 33.3. The second-order valence-electron chi connectivity index (χ2n) is 9.12. The number of fused-ring (bicyclic) bond motifs is 1. The number of anilines is 5. The van der Waals surface area contributed by atoms with E-state index in [4.69, 9.17) is 20.4 Å². The van der Waals surface area contributed by atoms with Gasteiger partial charge in [-0.05, 0) is 42.5 Å². The van der Waals surface area contributed by atoms with E-state index in [0.29, 0.717) is 36.1 Å². The number of carbonyl (C=O) groups is 1. The Morgan fingerprint density at radius 2 is 1.74 bits per heavy atom. The molecule has 0 radical (unpaired) electrons. The summed E-state index contributed by atoms with van der Waals surface area (Å²) in [6.07, 6.45) is 3.42. The molecule has 6 rings (SSSR count). The molecular formula is C28H27N9O2. The maximum Gasteiger partial charge on any atom is 0.271 e. The van der Waals surface area contributed by atoms with E-state index in [2.05, 4.69) is 25.5 Å². The van der Waals surface area contributed by atoms with E-state index in [0.717, 1.165) is 35.5 Å². The molecule has 39 heavy (non-hydrogen) atoms. The first-order chi connectivity index (χ1) is 19.1. The number of amides is 1. The minimum atomic E-state index is -0.700. The summed E-state index contributed by atoms with van der Waals surface area (Å²) >= 11 is 0. The number of hydrogen-bond donors (Lipinski definition) is 3. The second-order valence-corrected chi connectivity index (χ2v) is 9.12. The van der Waals surface area contributed by atoms with Crippen molar-refractivity contribution >= 4 is 45.8 Å². The molecule has 11 nitrogen and oxygen atoms in total. The predicted molar refractivity (Wildman–Crippen MR) is 151 cm³/mol. The van der Waals surface area contributed by atoms with Gasteiger partial charge in [0.1, 0.15) is 11.5 Å². The van der Waals surface area contributed by atoms with Gasteiger partial charge in [-0.3, -0.25) is 4.79 Å². The van der Waals surface area contributed by atoms with Crippen molar-refractivity contribution in [2.45, 2.75) is 0 Å². The standard InChI is InChI=1S/C28H27N9O2/c1-36-17-31-23-20(5-4-6-21(23)36)24-27(33-22-7-2-3-12-30-22)35-28(25(34-24)26(29)38)32-18-8-10-19(11-9-18)37-13-15-39-16-14-37/h2-12,17H,13-16H2,1H3,(H2,29,38)(H2,30,32,33,35). The van der Waals surface area contributed by atoms with E-state index in [1.165, 1.54) is 0 Å². The fraction of sp³-hybridized carbons (Fsp3) is 0.179. The van der Waals surface area contributed by atoms with Gasteiger partial charge < -0.3 is 30.6 Å². The first-order valence-corrected chi connectivity index (χ1v) is 12.6. The third-order valence-electron chi connectivity index (χ3n) is 6.56. The highest BCUT2D eigenvalue weighted by molar-refractivity contribution is 6.00. The van der Waals surface area contributed by atoms with Gasteiger partial charge in [0.25, 0.3) is 5.91 Å². The molecule has 1 fully saturated rings. The second kappa shape index (κ2) is 10.4. The van der Waals surface area contributed by atoms with Crippen molar-refractivity contribution in [2.24, 2.45) is 12.8 Å². The molecule has 1 aliphatic heterocycles. The molecule has 5 aromatic rings. The lowest BCUT2D eigenvalue weighted by atomic mass is 10.1. The van der Waals surface area contributed by atoms with E-state index in [9.17, 15) is 4.79 Å². The van der Waals surface area contributed by atoms with Crippen LogP contribution in [0.3, 0.4) is 0 Å². The van der Waals surface area contributed by atoms with Crippen LogP contribution in [0.15, 0.2) is 73.2 Å². The van der Waals surface area contributed by atoms with E-state index >= 15 is 0 Å². The van der Waals surface area contributed by atoms with Gasteiger partial charge in [-0.1, -0.05) is 18.2 Å². The highest BCUT2D eigenvalue weighted by Crippen LogP contribution is 2.34. The van der Waals surface area contributed by atoms with Gasteiger partial charge in [0.05, 0.1) is 30.6 Å². The van der Waals surface area contributed by atoms with E-state index in [1.54, 1.807) is 12.5 Å². The number of rotatable bonds is 7. The summed E-state index contributed by atoms with van der Waals surface area (Å²) in [6.45, 7) is 3.11. The number of para-hydroxylation sites is 1. The zero-order valence-corrected chi connectivity index (χ0v) is 21.3. The number of primary amides is 1. The highest BCUT2D eigenvalue weighted by atomic mass is 16.5. The van der Waals surface area contributed by atoms with Crippen molar-refractivity contribution in [1.82, 2.24) is 24.5 Å². The Labute approximate surface area is 224 Å². The minimum absolute atomic E-state index is 0.0155. The Bertz CT molecular complexity index is 1630. The molecule has 1 aliphatic rings. The van der Waals surface area contributed by atoms with Crippen LogP contribution in [-0.4, -0.2) is 56.7 Å². The average Bonchev–Trinajstić information content (AvgIpc) is 3.35. The van der Waals surface area contributed by atoms with Gasteiger partial charge in [0, 0.05) is 43.3 Å². The molecular weight excluding hydrogens is 494 g/mol. The predicted octanol–water partition coefficient (Wildman–Crippen LogP) is 3.85. The fourth-order valence-corrected chi connectivity index (χ4v) is 4.59. The molecule has 0 saturated carbocycles. The molecule has 11 heteroatoms. The molecule has 1 amide bonds. The quantitative estimate of drug-likeness (QED) is 0.292. The van der Waals surface area contributed by atoms with Gasteiger partial charge in [-0.2, -0.15) is 0 Å². The van der Waals surface area contributed by atoms with Gasteiger partial charge in [-0.15, -0.1) is 0 Å². The normalized spacial score (nSPS) is 13.4. The van der Waals surface area contributed by atoms with Crippen molar-refractivity contribution in [3.8, 4) is 11.3 Å². The molecule has 0 spiro atoms. The number of pyridine rings is 1.